The molecule has 0 aliphatic rings. The van der Waals surface area contributed by atoms with Crippen molar-refractivity contribution in [3.8, 4) is 0 Å². The fourth-order valence-electron chi connectivity index (χ4n) is 2.79. The molecule has 0 spiro atoms. The van der Waals surface area contributed by atoms with Crippen LogP contribution < -0.4 is 5.32 Å². The number of hydrogen-bond acceptors (Lipinski definition) is 3. The Morgan fingerprint density at radius 3 is 2.38 bits per heavy atom. The van der Waals surface area contributed by atoms with Crippen LogP contribution in [0.4, 0.5) is 0 Å². The zero-order chi connectivity index (χ0) is 17.5. The molecule has 4 heteroatoms. The lowest BCUT2D eigenvalue weighted by Gasteiger charge is -2.27. The van der Waals surface area contributed by atoms with E-state index in [1.165, 1.54) is 0 Å². The number of likely N-dealkylation sites (N-methyl/N-ethyl adjacent to an activating group) is 1. The minimum atomic E-state index is -0.710. The maximum absolute atomic E-state index is 12.7. The first-order chi connectivity index (χ1) is 11.5. The molecule has 2 rings (SSSR count). The van der Waals surface area contributed by atoms with Crippen LogP contribution in [0.3, 0.4) is 0 Å². The first-order valence-corrected chi connectivity index (χ1v) is 8.31. The molecule has 24 heavy (non-hydrogen) atoms. The van der Waals surface area contributed by atoms with E-state index in [-0.39, 0.29) is 18.5 Å². The summed E-state index contributed by atoms with van der Waals surface area (Å²) in [4.78, 5) is 14.7. The highest BCUT2D eigenvalue weighted by molar-refractivity contribution is 5.83. The summed E-state index contributed by atoms with van der Waals surface area (Å²) in [5.41, 5.74) is 2.81. The van der Waals surface area contributed by atoms with E-state index in [0.717, 1.165) is 23.2 Å². The van der Waals surface area contributed by atoms with E-state index in [0.29, 0.717) is 0 Å². The van der Waals surface area contributed by atoms with Crippen LogP contribution in [0.25, 0.3) is 0 Å². The van der Waals surface area contributed by atoms with Gasteiger partial charge >= 0.3 is 0 Å². The lowest BCUT2D eigenvalue weighted by atomic mass is 10.0. The Morgan fingerprint density at radius 1 is 1.12 bits per heavy atom. The van der Waals surface area contributed by atoms with Crippen molar-refractivity contribution in [3.63, 3.8) is 0 Å². The third kappa shape index (κ3) is 4.43. The number of nitrogens with zero attached hydrogens (tertiary/aromatic N) is 1. The van der Waals surface area contributed by atoms with Gasteiger partial charge in [-0.1, -0.05) is 61.5 Å². The summed E-state index contributed by atoms with van der Waals surface area (Å²) in [6.45, 7) is 4.93. The largest absolute Gasteiger partial charge is 0.387 e. The van der Waals surface area contributed by atoms with E-state index < -0.39 is 6.10 Å². The molecule has 0 saturated carbocycles. The average Bonchev–Trinajstić information content (AvgIpc) is 2.61. The first kappa shape index (κ1) is 18.2. The van der Waals surface area contributed by atoms with Gasteiger partial charge in [0.25, 0.3) is 0 Å². The maximum atomic E-state index is 12.7. The van der Waals surface area contributed by atoms with E-state index >= 15 is 0 Å². The highest BCUT2D eigenvalue weighted by atomic mass is 16.3. The van der Waals surface area contributed by atoms with Crippen LogP contribution >= 0.6 is 0 Å². The van der Waals surface area contributed by atoms with E-state index in [2.05, 4.69) is 5.32 Å². The summed E-state index contributed by atoms with van der Waals surface area (Å²) >= 11 is 0. The predicted octanol–water partition coefficient (Wildman–Crippen LogP) is 2.84. The molecule has 0 saturated heterocycles. The van der Waals surface area contributed by atoms with E-state index in [1.807, 2.05) is 80.4 Å². The molecular formula is C20H26N2O2. The van der Waals surface area contributed by atoms with Crippen molar-refractivity contribution in [2.75, 3.05) is 20.1 Å². The molecule has 4 nitrogen and oxygen atoms in total. The van der Waals surface area contributed by atoms with Gasteiger partial charge in [0.15, 0.2) is 0 Å². The van der Waals surface area contributed by atoms with Gasteiger partial charge in [0.05, 0.1) is 6.10 Å². The van der Waals surface area contributed by atoms with Gasteiger partial charge in [-0.3, -0.25) is 9.69 Å². The number of aliphatic hydroxyl groups excluding tert-OH is 1. The van der Waals surface area contributed by atoms with Gasteiger partial charge < -0.3 is 10.4 Å². The van der Waals surface area contributed by atoms with Crippen LogP contribution in [0, 0.1) is 6.92 Å². The fraction of sp³-hybridized carbons (Fsp3) is 0.350. The Bertz CT molecular complexity index is 658. The zero-order valence-electron chi connectivity index (χ0n) is 14.6. The third-order valence-electron chi connectivity index (χ3n) is 4.32. The van der Waals surface area contributed by atoms with Crippen molar-refractivity contribution < 1.29 is 9.90 Å². The fourth-order valence-corrected chi connectivity index (χ4v) is 2.79. The Hall–Kier alpha value is -2.17. The molecule has 2 atom stereocenters. The second-order valence-electron chi connectivity index (χ2n) is 6.00. The van der Waals surface area contributed by atoms with Crippen LogP contribution in [-0.2, 0) is 4.79 Å². The minimum Gasteiger partial charge on any atom is -0.387 e. The summed E-state index contributed by atoms with van der Waals surface area (Å²) in [6.07, 6.45) is -0.710. The van der Waals surface area contributed by atoms with Gasteiger partial charge in [0.2, 0.25) is 5.91 Å². The van der Waals surface area contributed by atoms with E-state index in [1.54, 1.807) is 0 Å². The summed E-state index contributed by atoms with van der Waals surface area (Å²) < 4.78 is 0. The smallest absolute Gasteiger partial charge is 0.242 e. The normalized spacial score (nSPS) is 13.5. The number of carbonyl (C=O) groups excluding carboxylic acids is 1. The molecule has 0 aliphatic carbocycles. The number of aryl methyl sites for hydroxylation is 1. The number of benzene rings is 2. The van der Waals surface area contributed by atoms with Crippen LogP contribution in [0.5, 0.6) is 0 Å². The number of aliphatic hydroxyl groups is 1. The van der Waals surface area contributed by atoms with Crippen molar-refractivity contribution in [2.45, 2.75) is 26.0 Å². The van der Waals surface area contributed by atoms with E-state index in [4.69, 9.17) is 0 Å². The molecule has 0 radical (unpaired) electrons. The molecule has 2 N–H and O–H groups in total. The topological polar surface area (TPSA) is 52.6 Å². The van der Waals surface area contributed by atoms with Crippen molar-refractivity contribution >= 4 is 5.91 Å². The van der Waals surface area contributed by atoms with Crippen molar-refractivity contribution in [1.29, 1.82) is 0 Å². The van der Waals surface area contributed by atoms with Gasteiger partial charge in [-0.2, -0.15) is 0 Å². The monoisotopic (exact) mass is 326 g/mol. The average molecular weight is 326 g/mol. The Kier molecular flexibility index (Phi) is 6.53. The molecule has 0 fully saturated rings. The van der Waals surface area contributed by atoms with Gasteiger partial charge in [0, 0.05) is 6.54 Å². The van der Waals surface area contributed by atoms with Gasteiger partial charge in [-0.15, -0.1) is 0 Å². The van der Waals surface area contributed by atoms with Gasteiger partial charge in [-0.05, 0) is 37.2 Å². The summed E-state index contributed by atoms with van der Waals surface area (Å²) in [6, 6.07) is 17.0. The minimum absolute atomic E-state index is 0.0989. The molecule has 2 unspecified atom stereocenters. The number of rotatable bonds is 7. The highest BCUT2D eigenvalue weighted by Crippen LogP contribution is 2.20. The molecule has 0 heterocycles. The SMILES string of the molecule is CCN(C)C(C(=O)NCC(O)c1ccccc1C)c1ccccc1. The van der Waals surface area contributed by atoms with Gasteiger partial charge in [0.1, 0.15) is 6.04 Å². The Morgan fingerprint density at radius 2 is 1.75 bits per heavy atom. The maximum Gasteiger partial charge on any atom is 0.242 e. The van der Waals surface area contributed by atoms with E-state index in [9.17, 15) is 9.90 Å². The highest BCUT2D eigenvalue weighted by Gasteiger charge is 2.24. The third-order valence-corrected chi connectivity index (χ3v) is 4.32. The lowest BCUT2D eigenvalue weighted by molar-refractivity contribution is -0.126. The van der Waals surface area contributed by atoms with Gasteiger partial charge in [-0.25, -0.2) is 0 Å². The molecule has 2 aromatic carbocycles. The summed E-state index contributed by atoms with van der Waals surface area (Å²) in [5, 5.41) is 13.3. The molecular weight excluding hydrogens is 300 g/mol. The van der Waals surface area contributed by atoms with Crippen LogP contribution in [0.1, 0.15) is 35.8 Å². The zero-order valence-corrected chi connectivity index (χ0v) is 14.6. The number of carbonyl (C=O) groups is 1. The second kappa shape index (κ2) is 8.62. The molecule has 0 aromatic heterocycles. The molecule has 128 valence electrons. The molecule has 0 aliphatic heterocycles. The Balaban J connectivity index is 2.07. The number of amides is 1. The van der Waals surface area contributed by atoms with Crippen LogP contribution in [0.2, 0.25) is 0 Å². The van der Waals surface area contributed by atoms with Crippen molar-refractivity contribution in [1.82, 2.24) is 10.2 Å². The Labute approximate surface area is 144 Å². The standard InChI is InChI=1S/C20H26N2O2/c1-4-22(3)19(16-11-6-5-7-12-16)20(24)21-14-18(23)17-13-9-8-10-15(17)2/h5-13,18-19,23H,4,14H2,1-3H3,(H,21,24). The summed E-state index contributed by atoms with van der Waals surface area (Å²) in [5.74, 6) is -0.0989. The molecule has 1 amide bonds. The van der Waals surface area contributed by atoms with Crippen molar-refractivity contribution in [3.05, 3.63) is 71.3 Å². The van der Waals surface area contributed by atoms with Crippen LogP contribution in [0.15, 0.2) is 54.6 Å². The predicted molar refractivity (Wildman–Crippen MR) is 96.6 cm³/mol. The number of nitrogens with one attached hydrogen (secondary N) is 1. The van der Waals surface area contributed by atoms with Crippen LogP contribution in [-0.4, -0.2) is 36.1 Å². The summed E-state index contributed by atoms with van der Waals surface area (Å²) in [7, 11) is 1.93. The molecule has 0 bridgehead atoms. The quantitative estimate of drug-likeness (QED) is 0.823. The number of hydrogen-bond donors (Lipinski definition) is 2. The second-order valence-corrected chi connectivity index (χ2v) is 6.00. The molecule has 2 aromatic rings. The lowest BCUT2D eigenvalue weighted by Crippen LogP contribution is -2.40. The first-order valence-electron chi connectivity index (χ1n) is 8.31. The van der Waals surface area contributed by atoms with Crippen molar-refractivity contribution in [2.24, 2.45) is 0 Å².